The van der Waals surface area contributed by atoms with Crippen molar-refractivity contribution in [2.75, 3.05) is 11.9 Å². The van der Waals surface area contributed by atoms with E-state index in [0.717, 1.165) is 18.5 Å². The number of anilines is 1. The molecule has 0 radical (unpaired) electrons. The van der Waals surface area contributed by atoms with Crippen molar-refractivity contribution in [2.24, 2.45) is 0 Å². The van der Waals surface area contributed by atoms with E-state index in [0.29, 0.717) is 18.4 Å². The molecule has 0 saturated heterocycles. The summed E-state index contributed by atoms with van der Waals surface area (Å²) in [5.41, 5.74) is 4.87. The van der Waals surface area contributed by atoms with Crippen LogP contribution in [0.3, 0.4) is 0 Å². The molecule has 1 aromatic heterocycles. The molecule has 1 aromatic carbocycles. The van der Waals surface area contributed by atoms with E-state index in [9.17, 15) is 4.79 Å². The summed E-state index contributed by atoms with van der Waals surface area (Å²) < 4.78 is 0. The van der Waals surface area contributed by atoms with Crippen molar-refractivity contribution in [3.05, 3.63) is 51.7 Å². The number of nitrogens with one attached hydrogen (secondary N) is 2. The third kappa shape index (κ3) is 4.37. The minimum absolute atomic E-state index is 0.0912. The first-order chi connectivity index (χ1) is 12.9. The van der Waals surface area contributed by atoms with Crippen LogP contribution in [0.4, 0.5) is 10.5 Å². The fourth-order valence-corrected chi connectivity index (χ4v) is 5.07. The molecule has 146 valence electrons. The molecule has 27 heavy (non-hydrogen) atoms. The Morgan fingerprint density at radius 3 is 2.22 bits per heavy atom. The number of hydrogen-bond acceptors (Lipinski definition) is 2. The summed E-state index contributed by atoms with van der Waals surface area (Å²) in [5, 5.41) is 10.8. The molecule has 3 rings (SSSR count). The number of rotatable bonds is 6. The molecule has 2 N–H and O–H groups in total. The van der Waals surface area contributed by atoms with Crippen LogP contribution >= 0.6 is 11.3 Å². The Kier molecular flexibility index (Phi) is 6.25. The lowest BCUT2D eigenvalue weighted by Gasteiger charge is -2.29. The highest BCUT2D eigenvalue weighted by atomic mass is 32.1. The van der Waals surface area contributed by atoms with Gasteiger partial charge in [0, 0.05) is 17.6 Å². The number of urea groups is 1. The lowest BCUT2D eigenvalue weighted by atomic mass is 9.80. The van der Waals surface area contributed by atoms with Crippen LogP contribution in [0.1, 0.15) is 81.9 Å². The largest absolute Gasteiger partial charge is 0.337 e. The number of amides is 2. The normalized spacial score (nSPS) is 16.1. The van der Waals surface area contributed by atoms with E-state index in [1.165, 1.54) is 29.5 Å². The lowest BCUT2D eigenvalue weighted by Crippen LogP contribution is -2.41. The number of carbonyl (C=O) groups is 1. The van der Waals surface area contributed by atoms with Crippen molar-refractivity contribution in [1.82, 2.24) is 5.32 Å². The number of carbonyl (C=O) groups excluding carboxylic acids is 1. The summed E-state index contributed by atoms with van der Waals surface area (Å²) in [6.07, 6.45) is 4.80. The van der Waals surface area contributed by atoms with Gasteiger partial charge in [0.1, 0.15) is 0 Å². The standard InChI is InChI=1S/C23H32N2OS/c1-16(2)19-8-7-9-20(17(3)4)21(19)25-22(26)24-15-23(11-5-6-12-23)18-10-13-27-14-18/h7-10,13-14,16-17H,5-6,11-12,15H2,1-4H3,(H2,24,25,26). The fraction of sp³-hybridized carbons (Fsp3) is 0.522. The third-order valence-corrected chi connectivity index (χ3v) is 6.58. The van der Waals surface area contributed by atoms with Crippen molar-refractivity contribution in [2.45, 2.75) is 70.6 Å². The minimum Gasteiger partial charge on any atom is -0.337 e. The summed E-state index contributed by atoms with van der Waals surface area (Å²) in [6, 6.07) is 8.47. The maximum absolute atomic E-state index is 12.8. The van der Waals surface area contributed by atoms with E-state index in [-0.39, 0.29) is 11.4 Å². The SMILES string of the molecule is CC(C)c1cccc(C(C)C)c1NC(=O)NCC1(c2ccsc2)CCCC1. The Hall–Kier alpha value is -1.81. The van der Waals surface area contributed by atoms with Gasteiger partial charge >= 0.3 is 6.03 Å². The number of para-hydroxylation sites is 1. The van der Waals surface area contributed by atoms with Crippen LogP contribution in [-0.4, -0.2) is 12.6 Å². The molecule has 0 atom stereocenters. The molecule has 1 aliphatic carbocycles. The lowest BCUT2D eigenvalue weighted by molar-refractivity contribution is 0.248. The van der Waals surface area contributed by atoms with Gasteiger partial charge in [0.15, 0.2) is 0 Å². The van der Waals surface area contributed by atoms with Gasteiger partial charge in [-0.25, -0.2) is 4.79 Å². The van der Waals surface area contributed by atoms with Gasteiger partial charge in [-0.15, -0.1) is 0 Å². The summed E-state index contributed by atoms with van der Waals surface area (Å²) in [7, 11) is 0. The molecule has 4 heteroatoms. The predicted molar refractivity (Wildman–Crippen MR) is 116 cm³/mol. The van der Waals surface area contributed by atoms with E-state index in [4.69, 9.17) is 0 Å². The zero-order chi connectivity index (χ0) is 19.4. The molecular formula is C23H32N2OS. The molecule has 0 spiro atoms. The molecule has 1 saturated carbocycles. The smallest absolute Gasteiger partial charge is 0.319 e. The highest BCUT2D eigenvalue weighted by molar-refractivity contribution is 7.08. The van der Waals surface area contributed by atoms with Crippen molar-refractivity contribution < 1.29 is 4.79 Å². The second kappa shape index (κ2) is 8.47. The molecule has 0 unspecified atom stereocenters. The van der Waals surface area contributed by atoms with Crippen molar-refractivity contribution in [3.63, 3.8) is 0 Å². The highest BCUT2D eigenvalue weighted by Crippen LogP contribution is 2.41. The molecule has 0 aliphatic heterocycles. The van der Waals surface area contributed by atoms with Crippen LogP contribution in [0.25, 0.3) is 0 Å². The van der Waals surface area contributed by atoms with Crippen molar-refractivity contribution in [3.8, 4) is 0 Å². The Balaban J connectivity index is 1.75. The average molecular weight is 385 g/mol. The molecular weight excluding hydrogens is 352 g/mol. The van der Waals surface area contributed by atoms with E-state index in [1.807, 2.05) is 0 Å². The zero-order valence-corrected chi connectivity index (χ0v) is 17.8. The first kappa shape index (κ1) is 19.9. The summed E-state index contributed by atoms with van der Waals surface area (Å²) in [5.74, 6) is 0.733. The van der Waals surface area contributed by atoms with Gasteiger partial charge in [0.05, 0.1) is 0 Å². The molecule has 2 amide bonds. The molecule has 1 aliphatic rings. The van der Waals surface area contributed by atoms with Gasteiger partial charge in [-0.05, 0) is 58.2 Å². The summed E-state index contributed by atoms with van der Waals surface area (Å²) in [4.78, 5) is 12.8. The van der Waals surface area contributed by atoms with E-state index < -0.39 is 0 Å². The highest BCUT2D eigenvalue weighted by Gasteiger charge is 2.36. The van der Waals surface area contributed by atoms with E-state index in [1.54, 1.807) is 11.3 Å². The van der Waals surface area contributed by atoms with Crippen LogP contribution in [0.15, 0.2) is 35.0 Å². The van der Waals surface area contributed by atoms with Crippen LogP contribution in [0, 0.1) is 0 Å². The second-order valence-electron chi connectivity index (χ2n) is 8.43. The first-order valence-corrected chi connectivity index (χ1v) is 11.1. The Morgan fingerprint density at radius 2 is 1.70 bits per heavy atom. The minimum atomic E-state index is -0.0912. The number of hydrogen-bond donors (Lipinski definition) is 2. The van der Waals surface area contributed by atoms with Gasteiger partial charge in [-0.3, -0.25) is 0 Å². The quantitative estimate of drug-likeness (QED) is 0.576. The van der Waals surface area contributed by atoms with E-state index in [2.05, 4.69) is 73.4 Å². The molecule has 3 nitrogen and oxygen atoms in total. The van der Waals surface area contributed by atoms with Crippen LogP contribution in [0.5, 0.6) is 0 Å². The molecule has 0 bridgehead atoms. The maximum Gasteiger partial charge on any atom is 0.319 e. The van der Waals surface area contributed by atoms with Gasteiger partial charge in [0.2, 0.25) is 0 Å². The van der Waals surface area contributed by atoms with Crippen LogP contribution in [-0.2, 0) is 5.41 Å². The Bertz CT molecular complexity index is 732. The zero-order valence-electron chi connectivity index (χ0n) is 17.0. The monoisotopic (exact) mass is 384 g/mol. The number of thiophene rings is 1. The molecule has 2 aromatic rings. The van der Waals surface area contributed by atoms with E-state index >= 15 is 0 Å². The van der Waals surface area contributed by atoms with Gasteiger partial charge < -0.3 is 10.6 Å². The van der Waals surface area contributed by atoms with Gasteiger partial charge in [-0.2, -0.15) is 11.3 Å². The Labute approximate surface area is 167 Å². The summed E-state index contributed by atoms with van der Waals surface area (Å²) >= 11 is 1.74. The molecule has 1 fully saturated rings. The summed E-state index contributed by atoms with van der Waals surface area (Å²) in [6.45, 7) is 9.40. The van der Waals surface area contributed by atoms with Crippen LogP contribution < -0.4 is 10.6 Å². The predicted octanol–water partition coefficient (Wildman–Crippen LogP) is 6.63. The average Bonchev–Trinajstić information content (AvgIpc) is 3.32. The first-order valence-electron chi connectivity index (χ1n) is 10.1. The van der Waals surface area contributed by atoms with Gasteiger partial charge in [0.25, 0.3) is 0 Å². The van der Waals surface area contributed by atoms with Crippen molar-refractivity contribution >= 4 is 23.1 Å². The third-order valence-electron chi connectivity index (χ3n) is 5.89. The number of benzene rings is 1. The van der Waals surface area contributed by atoms with Gasteiger partial charge in [-0.1, -0.05) is 58.7 Å². The van der Waals surface area contributed by atoms with Crippen molar-refractivity contribution in [1.29, 1.82) is 0 Å². The topological polar surface area (TPSA) is 41.1 Å². The fourth-order valence-electron chi connectivity index (χ4n) is 4.29. The van der Waals surface area contributed by atoms with Crippen LogP contribution in [0.2, 0.25) is 0 Å². The second-order valence-corrected chi connectivity index (χ2v) is 9.21. The molecule has 1 heterocycles. The Morgan fingerprint density at radius 1 is 1.07 bits per heavy atom. The maximum atomic E-state index is 12.8.